The number of hydrogen-bond donors (Lipinski definition) is 4. The van der Waals surface area contributed by atoms with Gasteiger partial charge in [0.1, 0.15) is 5.52 Å². The van der Waals surface area contributed by atoms with Crippen LogP contribution in [0.4, 0.5) is 0 Å². The fourth-order valence-corrected chi connectivity index (χ4v) is 2.07. The lowest BCUT2D eigenvalue weighted by atomic mass is 11.0. The molecule has 0 amide bonds. The van der Waals surface area contributed by atoms with Crippen molar-refractivity contribution in [2.45, 2.75) is 5.52 Å². The average molecular weight is 187 g/mol. The third-order valence-corrected chi connectivity index (χ3v) is 3.86. The molecular weight excluding hydrogens is 176 g/mol. The minimum absolute atomic E-state index is 0.926. The van der Waals surface area contributed by atoms with E-state index in [0.717, 1.165) is 0 Å². The number of rotatable bonds is 3. The summed E-state index contributed by atoms with van der Waals surface area (Å²) in [7, 11) is -1.48. The molecule has 0 heterocycles. The summed E-state index contributed by atoms with van der Waals surface area (Å²) in [5.41, 5.74) is -0.926. The predicted molar refractivity (Wildman–Crippen MR) is 40.2 cm³/mol. The van der Waals surface area contributed by atoms with Crippen molar-refractivity contribution in [1.82, 2.24) is 4.90 Å². The summed E-state index contributed by atoms with van der Waals surface area (Å²) in [5.74, 6) is 0. The minimum Gasteiger partial charge on any atom is -0.349 e. The zero-order valence-electron chi connectivity index (χ0n) is 5.71. The molecule has 0 atom stereocenters. The molecule has 0 saturated carbocycles. The SMILES string of the molecule is CN(C)C(P(O)O)P(O)O. The molecule has 0 saturated heterocycles. The Morgan fingerprint density at radius 3 is 1.30 bits per heavy atom. The summed E-state index contributed by atoms with van der Waals surface area (Å²) in [6.45, 7) is 0. The molecule has 0 bridgehead atoms. The van der Waals surface area contributed by atoms with Gasteiger partial charge in [0.05, 0.1) is 0 Å². The highest BCUT2D eigenvalue weighted by atomic mass is 31.2. The molecule has 7 heteroatoms. The van der Waals surface area contributed by atoms with E-state index in [4.69, 9.17) is 19.6 Å². The van der Waals surface area contributed by atoms with Gasteiger partial charge in [0, 0.05) is 0 Å². The smallest absolute Gasteiger partial charge is 0.193 e. The van der Waals surface area contributed by atoms with Crippen LogP contribution in [0.5, 0.6) is 0 Å². The van der Waals surface area contributed by atoms with E-state index < -0.39 is 22.3 Å². The van der Waals surface area contributed by atoms with Crippen LogP contribution in [0.15, 0.2) is 0 Å². The maximum atomic E-state index is 8.63. The van der Waals surface area contributed by atoms with Gasteiger partial charge in [-0.05, 0) is 14.1 Å². The molecule has 0 aromatic rings. The van der Waals surface area contributed by atoms with Crippen molar-refractivity contribution < 1.29 is 19.6 Å². The second-order valence-electron chi connectivity index (χ2n) is 1.95. The molecule has 0 aliphatic carbocycles. The van der Waals surface area contributed by atoms with E-state index in [2.05, 4.69) is 0 Å². The molecule has 0 unspecified atom stereocenters. The van der Waals surface area contributed by atoms with Crippen LogP contribution in [-0.2, 0) is 0 Å². The second-order valence-corrected chi connectivity index (χ2v) is 4.62. The zero-order chi connectivity index (χ0) is 8.31. The van der Waals surface area contributed by atoms with E-state index in [0.29, 0.717) is 0 Å². The minimum atomic E-state index is -2.29. The Morgan fingerprint density at radius 1 is 1.00 bits per heavy atom. The normalized spacial score (nSPS) is 12.6. The van der Waals surface area contributed by atoms with Gasteiger partial charge in [-0.2, -0.15) is 0 Å². The Hall–Kier alpha value is 0.660. The molecular formula is C3H11NO4P2. The van der Waals surface area contributed by atoms with Crippen LogP contribution in [0.25, 0.3) is 0 Å². The maximum absolute atomic E-state index is 8.63. The van der Waals surface area contributed by atoms with E-state index >= 15 is 0 Å². The summed E-state index contributed by atoms with van der Waals surface area (Å²) >= 11 is 0. The summed E-state index contributed by atoms with van der Waals surface area (Å²) in [5, 5.41) is 0. The van der Waals surface area contributed by atoms with Crippen LogP contribution in [0.2, 0.25) is 0 Å². The Morgan fingerprint density at radius 2 is 1.30 bits per heavy atom. The van der Waals surface area contributed by atoms with Crippen molar-refractivity contribution in [2.75, 3.05) is 14.1 Å². The molecule has 0 fully saturated rings. The topological polar surface area (TPSA) is 84.2 Å². The highest BCUT2D eigenvalue weighted by molar-refractivity contribution is 7.64. The monoisotopic (exact) mass is 187 g/mol. The summed E-state index contributed by atoms with van der Waals surface area (Å²) in [6, 6.07) is 0. The van der Waals surface area contributed by atoms with E-state index in [9.17, 15) is 0 Å². The van der Waals surface area contributed by atoms with Gasteiger partial charge in [-0.15, -0.1) is 0 Å². The maximum Gasteiger partial charge on any atom is 0.193 e. The second kappa shape index (κ2) is 4.52. The van der Waals surface area contributed by atoms with Crippen molar-refractivity contribution in [2.24, 2.45) is 0 Å². The first-order valence-electron chi connectivity index (χ1n) is 2.47. The van der Waals surface area contributed by atoms with Crippen molar-refractivity contribution in [3.63, 3.8) is 0 Å². The average Bonchev–Trinajstić information content (AvgIpc) is 1.59. The Kier molecular flexibility index (Phi) is 4.82. The Bertz CT molecular complexity index is 79.5. The number of nitrogens with zero attached hydrogens (tertiary/aromatic N) is 1. The van der Waals surface area contributed by atoms with Gasteiger partial charge < -0.3 is 19.6 Å². The quantitative estimate of drug-likeness (QED) is 0.444. The van der Waals surface area contributed by atoms with Gasteiger partial charge in [0.25, 0.3) is 0 Å². The first-order chi connectivity index (χ1) is 4.46. The van der Waals surface area contributed by atoms with E-state index in [1.807, 2.05) is 0 Å². The van der Waals surface area contributed by atoms with Crippen molar-refractivity contribution >= 4 is 16.8 Å². The highest BCUT2D eigenvalue weighted by Gasteiger charge is 2.27. The molecule has 5 nitrogen and oxygen atoms in total. The van der Waals surface area contributed by atoms with Crippen LogP contribution in [0.3, 0.4) is 0 Å². The van der Waals surface area contributed by atoms with Crippen molar-refractivity contribution in [3.8, 4) is 0 Å². The van der Waals surface area contributed by atoms with Gasteiger partial charge in [0.15, 0.2) is 16.8 Å². The van der Waals surface area contributed by atoms with Crippen LogP contribution >= 0.6 is 16.8 Å². The lowest BCUT2D eigenvalue weighted by molar-refractivity contribution is 0.353. The van der Waals surface area contributed by atoms with Gasteiger partial charge in [-0.3, -0.25) is 4.90 Å². The molecule has 4 N–H and O–H groups in total. The molecule has 0 rings (SSSR count). The Balaban J connectivity index is 3.98. The molecule has 0 spiro atoms. The standard InChI is InChI=1S/C3H11NO4P2/c1-4(2)3(9(5)6)10(7)8/h3,5-8H,1-2H3. The molecule has 0 radical (unpaired) electrons. The van der Waals surface area contributed by atoms with Crippen molar-refractivity contribution in [1.29, 1.82) is 0 Å². The zero-order valence-corrected chi connectivity index (χ0v) is 7.50. The van der Waals surface area contributed by atoms with E-state index in [1.54, 1.807) is 14.1 Å². The number of hydrogen-bond acceptors (Lipinski definition) is 5. The summed E-state index contributed by atoms with van der Waals surface area (Å²) in [4.78, 5) is 35.9. The fraction of sp³-hybridized carbons (Fsp3) is 1.00. The molecule has 10 heavy (non-hydrogen) atoms. The summed E-state index contributed by atoms with van der Waals surface area (Å²) in [6.07, 6.45) is 0. The molecule has 0 aliphatic rings. The van der Waals surface area contributed by atoms with Gasteiger partial charge in [-0.25, -0.2) is 0 Å². The molecule has 0 aliphatic heterocycles. The van der Waals surface area contributed by atoms with Crippen LogP contribution in [0, 0.1) is 0 Å². The fourth-order valence-electron chi connectivity index (χ4n) is 0.505. The van der Waals surface area contributed by atoms with Crippen LogP contribution in [-0.4, -0.2) is 44.1 Å². The van der Waals surface area contributed by atoms with Gasteiger partial charge >= 0.3 is 0 Å². The van der Waals surface area contributed by atoms with Gasteiger partial charge in [0.2, 0.25) is 0 Å². The molecule has 0 aromatic heterocycles. The first-order valence-corrected chi connectivity index (χ1v) is 5.10. The molecule has 62 valence electrons. The lowest BCUT2D eigenvalue weighted by Crippen LogP contribution is -2.24. The largest absolute Gasteiger partial charge is 0.349 e. The predicted octanol–water partition coefficient (Wildman–Crippen LogP) is -0.575. The highest BCUT2D eigenvalue weighted by Crippen LogP contribution is 2.49. The molecule has 0 aromatic carbocycles. The lowest BCUT2D eigenvalue weighted by Gasteiger charge is -2.24. The Labute approximate surface area is 61.8 Å². The van der Waals surface area contributed by atoms with Crippen LogP contribution in [0.1, 0.15) is 0 Å². The third-order valence-electron chi connectivity index (χ3n) is 0.875. The summed E-state index contributed by atoms with van der Waals surface area (Å²) < 4.78 is 0. The van der Waals surface area contributed by atoms with E-state index in [-0.39, 0.29) is 0 Å². The van der Waals surface area contributed by atoms with Gasteiger partial charge in [-0.1, -0.05) is 0 Å². The van der Waals surface area contributed by atoms with Crippen LogP contribution < -0.4 is 0 Å². The first kappa shape index (κ1) is 10.7. The van der Waals surface area contributed by atoms with E-state index in [1.165, 1.54) is 4.90 Å². The third kappa shape index (κ3) is 3.17. The van der Waals surface area contributed by atoms with Crippen molar-refractivity contribution in [3.05, 3.63) is 0 Å².